The monoisotopic (exact) mass is 317 g/mol. The Hall–Kier alpha value is -1.72. The molecule has 108 valence electrons. The first-order chi connectivity index (χ1) is 9.31. The lowest BCUT2D eigenvalue weighted by atomic mass is 10.2. The second kappa shape index (κ2) is 7.17. The van der Waals surface area contributed by atoms with Crippen LogP contribution in [0.5, 0.6) is 5.75 Å². The molecule has 0 aromatic heterocycles. The summed E-state index contributed by atoms with van der Waals surface area (Å²) >= 11 is 11.6. The molecule has 2 N–H and O–H groups in total. The van der Waals surface area contributed by atoms with Crippen molar-refractivity contribution < 1.29 is 19.1 Å². The highest BCUT2D eigenvalue weighted by atomic mass is 35.5. The van der Waals surface area contributed by atoms with Crippen LogP contribution in [0.4, 0.5) is 0 Å². The first-order valence-corrected chi connectivity index (χ1v) is 6.29. The Morgan fingerprint density at radius 2 is 2.05 bits per heavy atom. The van der Waals surface area contributed by atoms with E-state index in [4.69, 9.17) is 38.4 Å². The number of nitrogens with two attached hydrogens (primary N) is 1. The number of carbonyl (C=O) groups is 2. The van der Waals surface area contributed by atoms with E-state index in [1.807, 2.05) is 0 Å². The summed E-state index contributed by atoms with van der Waals surface area (Å²) in [6, 6.07) is 4.56. The highest BCUT2D eigenvalue weighted by molar-refractivity contribution is 6.35. The third-order valence-electron chi connectivity index (χ3n) is 2.19. The van der Waals surface area contributed by atoms with Crippen LogP contribution < -0.4 is 10.5 Å². The van der Waals surface area contributed by atoms with Gasteiger partial charge < -0.3 is 15.2 Å². The smallest absolute Gasteiger partial charge is 0.345 e. The van der Waals surface area contributed by atoms with Crippen molar-refractivity contribution in [3.63, 3.8) is 0 Å². The molecule has 0 saturated carbocycles. The van der Waals surface area contributed by atoms with Gasteiger partial charge in [-0.25, -0.2) is 4.79 Å². The Balaban J connectivity index is 2.59. The molecule has 1 aromatic rings. The molecule has 1 amide bonds. The molecule has 0 fully saturated rings. The molecule has 0 spiro atoms. The minimum atomic E-state index is -1.17. The van der Waals surface area contributed by atoms with Gasteiger partial charge in [-0.3, -0.25) is 4.79 Å². The van der Waals surface area contributed by atoms with Gasteiger partial charge in [0.15, 0.2) is 6.61 Å². The van der Waals surface area contributed by atoms with E-state index >= 15 is 0 Å². The van der Waals surface area contributed by atoms with Crippen LogP contribution >= 0.6 is 23.2 Å². The number of carbonyl (C=O) groups excluding carboxylic acids is 2. The molecule has 0 radical (unpaired) electrons. The van der Waals surface area contributed by atoms with Gasteiger partial charge in [-0.15, -0.1) is 0 Å². The third-order valence-corrected chi connectivity index (χ3v) is 2.73. The summed E-state index contributed by atoms with van der Waals surface area (Å²) in [6.07, 6.45) is -1.17. The molecule has 0 aliphatic carbocycles. The van der Waals surface area contributed by atoms with Crippen molar-refractivity contribution in [1.29, 1.82) is 0 Å². The third kappa shape index (κ3) is 4.75. The summed E-state index contributed by atoms with van der Waals surface area (Å²) in [5, 5.41) is 0.706. The van der Waals surface area contributed by atoms with Gasteiger partial charge >= 0.3 is 5.97 Å². The van der Waals surface area contributed by atoms with E-state index in [-0.39, 0.29) is 10.8 Å². The maximum absolute atomic E-state index is 11.5. The average Bonchev–Trinajstić information content (AvgIpc) is 2.34. The summed E-state index contributed by atoms with van der Waals surface area (Å²) < 4.78 is 10.0. The Morgan fingerprint density at radius 1 is 1.40 bits per heavy atom. The lowest BCUT2D eigenvalue weighted by Gasteiger charge is -2.15. The fraction of sp³-hybridized carbons (Fsp3) is 0.231. The molecule has 20 heavy (non-hydrogen) atoms. The lowest BCUT2D eigenvalue weighted by molar-refractivity contribution is -0.154. The number of ether oxygens (including phenoxy) is 2. The molecule has 1 unspecified atom stereocenters. The molecule has 0 heterocycles. The second-order valence-corrected chi connectivity index (χ2v) is 4.83. The van der Waals surface area contributed by atoms with Crippen molar-refractivity contribution >= 4 is 35.1 Å². The first kappa shape index (κ1) is 16.3. The van der Waals surface area contributed by atoms with Crippen LogP contribution in [-0.4, -0.2) is 24.6 Å². The predicted octanol–water partition coefficient (Wildman–Crippen LogP) is 2.35. The maximum Gasteiger partial charge on any atom is 0.345 e. The summed E-state index contributed by atoms with van der Waals surface area (Å²) in [4.78, 5) is 22.6. The molecule has 1 rings (SSSR count). The maximum atomic E-state index is 11.5. The zero-order valence-corrected chi connectivity index (χ0v) is 12.2. The molecule has 0 saturated heterocycles. The van der Waals surface area contributed by atoms with Crippen molar-refractivity contribution in [1.82, 2.24) is 0 Å². The lowest BCUT2D eigenvalue weighted by Crippen LogP contribution is -2.35. The van der Waals surface area contributed by atoms with Crippen LogP contribution in [-0.2, 0) is 14.3 Å². The number of benzene rings is 1. The minimum Gasteiger partial charge on any atom is -0.480 e. The molecular formula is C13H13Cl2NO4. The summed E-state index contributed by atoms with van der Waals surface area (Å²) in [6.45, 7) is 4.63. The molecule has 1 aromatic carbocycles. The van der Waals surface area contributed by atoms with Crippen molar-refractivity contribution in [2.24, 2.45) is 5.73 Å². The van der Waals surface area contributed by atoms with Crippen molar-refractivity contribution in [3.05, 3.63) is 40.4 Å². The Kier molecular flexibility index (Phi) is 5.85. The fourth-order valence-corrected chi connectivity index (χ4v) is 1.76. The van der Waals surface area contributed by atoms with Crippen molar-refractivity contribution in [2.75, 3.05) is 6.61 Å². The van der Waals surface area contributed by atoms with Crippen LogP contribution in [0.3, 0.4) is 0 Å². The van der Waals surface area contributed by atoms with Gasteiger partial charge in [0.2, 0.25) is 6.10 Å². The van der Waals surface area contributed by atoms with Gasteiger partial charge in [0, 0.05) is 5.02 Å². The number of halogens is 2. The zero-order valence-electron chi connectivity index (χ0n) is 10.7. The first-order valence-electron chi connectivity index (χ1n) is 5.53. The van der Waals surface area contributed by atoms with E-state index in [0.717, 1.165) is 0 Å². The molecule has 5 nitrogen and oxygen atoms in total. The normalized spacial score (nSPS) is 11.6. The van der Waals surface area contributed by atoms with Crippen LogP contribution in [0.25, 0.3) is 0 Å². The topological polar surface area (TPSA) is 78.6 Å². The van der Waals surface area contributed by atoms with Gasteiger partial charge in [-0.05, 0) is 30.7 Å². The van der Waals surface area contributed by atoms with Crippen LogP contribution in [0.1, 0.15) is 6.92 Å². The molecule has 0 aliphatic heterocycles. The highest BCUT2D eigenvalue weighted by Gasteiger charge is 2.21. The molecule has 1 atom stereocenters. The quantitative estimate of drug-likeness (QED) is 0.645. The number of amides is 1. The number of rotatable bonds is 6. The number of esters is 1. The van der Waals surface area contributed by atoms with E-state index < -0.39 is 24.6 Å². The zero-order chi connectivity index (χ0) is 15.3. The van der Waals surface area contributed by atoms with Gasteiger partial charge in [0.25, 0.3) is 5.91 Å². The average molecular weight is 318 g/mol. The standard InChI is InChI=1S/C13H13Cl2NO4/c1-7(2)12(13(16)18)20-11(17)6-19-10-4-3-8(14)5-9(10)15/h3-5,12H,1,6H2,2H3,(H2,16,18). The number of hydrogen-bond acceptors (Lipinski definition) is 4. The highest BCUT2D eigenvalue weighted by Crippen LogP contribution is 2.27. The van der Waals surface area contributed by atoms with E-state index in [0.29, 0.717) is 10.6 Å². The molecule has 0 aliphatic rings. The van der Waals surface area contributed by atoms with Gasteiger partial charge in [0.1, 0.15) is 5.75 Å². The van der Waals surface area contributed by atoms with Crippen LogP contribution in [0.15, 0.2) is 30.4 Å². The largest absolute Gasteiger partial charge is 0.480 e. The SMILES string of the molecule is C=C(C)C(OC(=O)COc1ccc(Cl)cc1Cl)C(N)=O. The predicted molar refractivity (Wildman–Crippen MR) is 75.8 cm³/mol. The number of hydrogen-bond donors (Lipinski definition) is 1. The van der Waals surface area contributed by atoms with E-state index in [2.05, 4.69) is 6.58 Å². The Labute approximate surface area is 126 Å². The van der Waals surface area contributed by atoms with Crippen molar-refractivity contribution in [3.8, 4) is 5.75 Å². The van der Waals surface area contributed by atoms with Crippen LogP contribution in [0.2, 0.25) is 10.0 Å². The Morgan fingerprint density at radius 3 is 2.55 bits per heavy atom. The van der Waals surface area contributed by atoms with Gasteiger partial charge in [0.05, 0.1) is 5.02 Å². The second-order valence-electron chi connectivity index (χ2n) is 3.98. The van der Waals surface area contributed by atoms with E-state index in [1.54, 1.807) is 6.07 Å². The number of primary amides is 1. The summed E-state index contributed by atoms with van der Waals surface area (Å²) in [7, 11) is 0. The molecular weight excluding hydrogens is 305 g/mol. The molecule has 7 heteroatoms. The summed E-state index contributed by atoms with van der Waals surface area (Å²) in [5.74, 6) is -1.28. The summed E-state index contributed by atoms with van der Waals surface area (Å²) in [5.41, 5.74) is 5.41. The van der Waals surface area contributed by atoms with Crippen molar-refractivity contribution in [2.45, 2.75) is 13.0 Å². The van der Waals surface area contributed by atoms with Crippen LogP contribution in [0, 0.1) is 0 Å². The van der Waals surface area contributed by atoms with Gasteiger partial charge in [-0.2, -0.15) is 0 Å². The minimum absolute atomic E-state index is 0.261. The van der Waals surface area contributed by atoms with Gasteiger partial charge in [-0.1, -0.05) is 29.8 Å². The molecule has 0 bridgehead atoms. The van der Waals surface area contributed by atoms with E-state index in [1.165, 1.54) is 19.1 Å². The van der Waals surface area contributed by atoms with E-state index in [9.17, 15) is 9.59 Å². The fourth-order valence-electron chi connectivity index (χ4n) is 1.30. The Bertz CT molecular complexity index is 531.